The van der Waals surface area contributed by atoms with Gasteiger partial charge in [-0.1, -0.05) is 62.4 Å². The number of nitrogens with zero attached hydrogens (tertiary/aromatic N) is 1. The van der Waals surface area contributed by atoms with Gasteiger partial charge in [0.2, 0.25) is 5.88 Å². The standard InChI is InChI=1S/C27H27NO4/c1-17(2)18-9-6-10-19(11-18)23-12-22(16-28-25(23)32-3)24(29)15-27(26(30)31)13-20-7-4-5-8-21(20)14-27/h4-12,16-17H,13-15H2,1-3H3,(H,30,31). The molecule has 0 unspecified atom stereocenters. The van der Waals surface area contributed by atoms with E-state index in [1.807, 2.05) is 36.4 Å². The Labute approximate surface area is 188 Å². The van der Waals surface area contributed by atoms with E-state index in [9.17, 15) is 14.7 Å². The lowest BCUT2D eigenvalue weighted by atomic mass is 9.79. The SMILES string of the molecule is COc1ncc(C(=O)CC2(C(=O)O)Cc3ccccc3C2)cc1-c1cccc(C(C)C)c1. The lowest BCUT2D eigenvalue weighted by Gasteiger charge is -2.23. The third-order valence-corrected chi connectivity index (χ3v) is 6.36. The van der Waals surface area contributed by atoms with Crippen LogP contribution in [0.1, 0.15) is 53.2 Å². The van der Waals surface area contributed by atoms with Crippen molar-refractivity contribution in [1.82, 2.24) is 4.98 Å². The van der Waals surface area contributed by atoms with Gasteiger partial charge in [0.25, 0.3) is 0 Å². The smallest absolute Gasteiger partial charge is 0.310 e. The Hall–Kier alpha value is -3.47. The van der Waals surface area contributed by atoms with E-state index in [1.54, 1.807) is 13.2 Å². The summed E-state index contributed by atoms with van der Waals surface area (Å²) in [4.78, 5) is 29.9. The predicted octanol–water partition coefficient (Wildman–Crippen LogP) is 5.32. The van der Waals surface area contributed by atoms with Crippen LogP contribution in [0.2, 0.25) is 0 Å². The molecule has 1 aliphatic carbocycles. The molecule has 0 saturated carbocycles. The molecule has 0 aliphatic heterocycles. The number of pyridine rings is 1. The van der Waals surface area contributed by atoms with E-state index >= 15 is 0 Å². The first-order valence-electron chi connectivity index (χ1n) is 10.8. The van der Waals surface area contributed by atoms with Gasteiger partial charge in [0.15, 0.2) is 5.78 Å². The Kier molecular flexibility index (Phi) is 5.83. The lowest BCUT2D eigenvalue weighted by molar-refractivity contribution is -0.148. The molecule has 1 aromatic heterocycles. The Balaban J connectivity index is 1.67. The number of hydrogen-bond donors (Lipinski definition) is 1. The van der Waals surface area contributed by atoms with Crippen molar-refractivity contribution in [3.05, 3.63) is 83.0 Å². The number of carboxylic acid groups (broad SMARTS) is 1. The van der Waals surface area contributed by atoms with Gasteiger partial charge < -0.3 is 9.84 Å². The van der Waals surface area contributed by atoms with Crippen molar-refractivity contribution >= 4 is 11.8 Å². The number of benzene rings is 2. The first-order chi connectivity index (χ1) is 15.3. The van der Waals surface area contributed by atoms with Crippen LogP contribution in [0.3, 0.4) is 0 Å². The van der Waals surface area contributed by atoms with Crippen LogP contribution in [0.25, 0.3) is 11.1 Å². The highest BCUT2D eigenvalue weighted by Gasteiger charge is 2.45. The molecule has 0 saturated heterocycles. The minimum absolute atomic E-state index is 0.0729. The summed E-state index contributed by atoms with van der Waals surface area (Å²) in [6.07, 6.45) is 2.12. The summed E-state index contributed by atoms with van der Waals surface area (Å²) >= 11 is 0. The number of aromatic nitrogens is 1. The number of aliphatic carboxylic acids is 1. The molecule has 2 aromatic carbocycles. The molecule has 0 amide bonds. The number of ether oxygens (including phenoxy) is 1. The second-order valence-corrected chi connectivity index (χ2v) is 8.87. The van der Waals surface area contributed by atoms with E-state index in [4.69, 9.17) is 4.74 Å². The average Bonchev–Trinajstić information content (AvgIpc) is 3.18. The first kappa shape index (κ1) is 21.8. The molecule has 164 valence electrons. The average molecular weight is 430 g/mol. The molecule has 1 N–H and O–H groups in total. The van der Waals surface area contributed by atoms with E-state index in [0.717, 1.165) is 22.3 Å². The zero-order valence-corrected chi connectivity index (χ0v) is 18.6. The normalized spacial score (nSPS) is 14.2. The number of methoxy groups -OCH3 is 1. The molecule has 0 fully saturated rings. The maximum atomic E-state index is 13.3. The van der Waals surface area contributed by atoms with Crippen LogP contribution < -0.4 is 4.74 Å². The van der Waals surface area contributed by atoms with Gasteiger partial charge in [-0.05, 0) is 47.1 Å². The number of carbonyl (C=O) groups is 2. The summed E-state index contributed by atoms with van der Waals surface area (Å²) in [6.45, 7) is 4.25. The topological polar surface area (TPSA) is 76.5 Å². The highest BCUT2D eigenvalue weighted by atomic mass is 16.5. The van der Waals surface area contributed by atoms with Gasteiger partial charge >= 0.3 is 5.97 Å². The van der Waals surface area contributed by atoms with Crippen LogP contribution in [-0.2, 0) is 17.6 Å². The number of ketones is 1. The van der Waals surface area contributed by atoms with Gasteiger partial charge in [-0.15, -0.1) is 0 Å². The fourth-order valence-electron chi connectivity index (χ4n) is 4.49. The van der Waals surface area contributed by atoms with Crippen LogP contribution in [0, 0.1) is 5.41 Å². The molecule has 3 aromatic rings. The predicted molar refractivity (Wildman–Crippen MR) is 123 cm³/mol. The molecule has 1 aliphatic rings. The molecule has 0 radical (unpaired) electrons. The van der Waals surface area contributed by atoms with Crippen molar-refractivity contribution in [2.24, 2.45) is 5.41 Å². The van der Waals surface area contributed by atoms with Crippen molar-refractivity contribution < 1.29 is 19.4 Å². The summed E-state index contributed by atoms with van der Waals surface area (Å²) in [5.74, 6) is -0.369. The van der Waals surface area contributed by atoms with Gasteiger partial charge in [0, 0.05) is 23.7 Å². The van der Waals surface area contributed by atoms with E-state index in [0.29, 0.717) is 30.2 Å². The van der Waals surface area contributed by atoms with E-state index in [-0.39, 0.29) is 12.2 Å². The third kappa shape index (κ3) is 4.03. The van der Waals surface area contributed by atoms with E-state index in [2.05, 4.69) is 31.0 Å². The van der Waals surface area contributed by atoms with Crippen molar-refractivity contribution in [2.45, 2.75) is 39.0 Å². The van der Waals surface area contributed by atoms with E-state index in [1.165, 1.54) is 11.8 Å². The van der Waals surface area contributed by atoms with Gasteiger partial charge in [-0.25, -0.2) is 4.98 Å². The minimum atomic E-state index is -1.13. The van der Waals surface area contributed by atoms with Crippen LogP contribution in [0.4, 0.5) is 0 Å². The number of carbonyl (C=O) groups excluding carboxylic acids is 1. The fraction of sp³-hybridized carbons (Fsp3) is 0.296. The molecule has 32 heavy (non-hydrogen) atoms. The highest BCUT2D eigenvalue weighted by Crippen LogP contribution is 2.41. The molecule has 5 nitrogen and oxygen atoms in total. The van der Waals surface area contributed by atoms with Gasteiger partial charge in [-0.2, -0.15) is 0 Å². The summed E-state index contributed by atoms with van der Waals surface area (Å²) in [5.41, 5.74) is 4.08. The third-order valence-electron chi connectivity index (χ3n) is 6.36. The Morgan fingerprint density at radius 2 is 1.75 bits per heavy atom. The van der Waals surface area contributed by atoms with Gasteiger partial charge in [-0.3, -0.25) is 9.59 Å². The maximum absolute atomic E-state index is 13.3. The molecule has 5 heteroatoms. The highest BCUT2D eigenvalue weighted by molar-refractivity contribution is 6.00. The summed E-state index contributed by atoms with van der Waals surface area (Å²) in [5, 5.41) is 10.0. The van der Waals surface area contributed by atoms with Gasteiger partial charge in [0.1, 0.15) is 0 Å². The van der Waals surface area contributed by atoms with Crippen LogP contribution in [0.15, 0.2) is 60.8 Å². The van der Waals surface area contributed by atoms with Crippen molar-refractivity contribution in [3.8, 4) is 17.0 Å². The molecule has 0 spiro atoms. The largest absolute Gasteiger partial charge is 0.481 e. The molecular weight excluding hydrogens is 402 g/mol. The molecule has 0 bridgehead atoms. The number of Topliss-reactive ketones (excluding diaryl/α,β-unsaturated/α-hetero) is 1. The zero-order chi connectivity index (χ0) is 22.9. The molecular formula is C27H27NO4. The molecule has 1 heterocycles. The lowest BCUT2D eigenvalue weighted by Crippen LogP contribution is -2.34. The summed E-state index contributed by atoms with van der Waals surface area (Å²) < 4.78 is 5.45. The number of rotatable bonds is 7. The van der Waals surface area contributed by atoms with Crippen molar-refractivity contribution in [1.29, 1.82) is 0 Å². The number of fused-ring (bicyclic) bond motifs is 1. The van der Waals surface area contributed by atoms with Crippen molar-refractivity contribution in [2.75, 3.05) is 7.11 Å². The Bertz CT molecular complexity index is 1160. The van der Waals surface area contributed by atoms with E-state index < -0.39 is 11.4 Å². The number of hydrogen-bond acceptors (Lipinski definition) is 4. The summed E-state index contributed by atoms with van der Waals surface area (Å²) in [7, 11) is 1.55. The Morgan fingerprint density at radius 3 is 2.34 bits per heavy atom. The monoisotopic (exact) mass is 429 g/mol. The second-order valence-electron chi connectivity index (χ2n) is 8.87. The zero-order valence-electron chi connectivity index (χ0n) is 18.6. The quantitative estimate of drug-likeness (QED) is 0.514. The molecule has 4 rings (SSSR count). The number of carboxylic acids is 1. The maximum Gasteiger partial charge on any atom is 0.310 e. The second kappa shape index (κ2) is 8.58. The Morgan fingerprint density at radius 1 is 1.06 bits per heavy atom. The summed E-state index contributed by atoms with van der Waals surface area (Å²) in [6, 6.07) is 17.6. The molecule has 0 atom stereocenters. The van der Waals surface area contributed by atoms with Crippen LogP contribution in [-0.4, -0.2) is 29.0 Å². The van der Waals surface area contributed by atoms with Crippen molar-refractivity contribution in [3.63, 3.8) is 0 Å². The van der Waals surface area contributed by atoms with Gasteiger partial charge in [0.05, 0.1) is 12.5 Å². The fourth-order valence-corrected chi connectivity index (χ4v) is 4.49. The van der Waals surface area contributed by atoms with Crippen LogP contribution >= 0.6 is 0 Å². The van der Waals surface area contributed by atoms with Crippen LogP contribution in [0.5, 0.6) is 5.88 Å². The first-order valence-corrected chi connectivity index (χ1v) is 10.8. The minimum Gasteiger partial charge on any atom is -0.481 e.